The van der Waals surface area contributed by atoms with Crippen LogP contribution in [-0.2, 0) is 9.59 Å². The molecule has 1 aromatic heterocycles. The van der Waals surface area contributed by atoms with Crippen molar-refractivity contribution in [3.8, 4) is 11.8 Å². The second-order valence-corrected chi connectivity index (χ2v) is 4.76. The van der Waals surface area contributed by atoms with Gasteiger partial charge in [-0.2, -0.15) is 5.26 Å². The second kappa shape index (κ2) is 9.17. The minimum atomic E-state index is -1.26. The maximum atomic E-state index is 9.55. The number of aromatic nitrogens is 1. The Balaban J connectivity index is 0.000000284. The highest BCUT2D eigenvalue weighted by Gasteiger charge is 2.21. The highest BCUT2D eigenvalue weighted by molar-refractivity contribution is 5.89. The van der Waals surface area contributed by atoms with Crippen molar-refractivity contribution in [2.24, 2.45) is 0 Å². The number of likely N-dealkylation sites (N-methyl/N-ethyl adjacent to an activating group) is 1. The Hall–Kier alpha value is -2.92. The highest BCUT2D eigenvalue weighted by atomic mass is 16.5. The van der Waals surface area contributed by atoms with Crippen molar-refractivity contribution in [1.82, 2.24) is 9.88 Å². The van der Waals surface area contributed by atoms with E-state index in [1.165, 1.54) is 0 Å². The van der Waals surface area contributed by atoms with E-state index < -0.39 is 11.9 Å². The number of carboxylic acids is 2. The average molecular weight is 319 g/mol. The standard InChI is InChI=1S/C11H13N3O.C4H4O4/c1-14-6-4-9(8-14)15-11-3-2-5-13-10(11)7-12;5-3(6)1-2-4(7)8/h2-3,5,9H,4,6,8H2,1H3;1-2H,(H,5,6)(H,7,8)/b;2-1+. The van der Waals surface area contributed by atoms with Crippen molar-refractivity contribution in [2.45, 2.75) is 12.5 Å². The summed E-state index contributed by atoms with van der Waals surface area (Å²) in [5.41, 5.74) is 0.368. The van der Waals surface area contributed by atoms with E-state index in [9.17, 15) is 9.59 Å². The number of rotatable bonds is 4. The van der Waals surface area contributed by atoms with Crippen molar-refractivity contribution >= 4 is 11.9 Å². The predicted molar refractivity (Wildman–Crippen MR) is 79.9 cm³/mol. The molecule has 122 valence electrons. The largest absolute Gasteiger partial charge is 0.486 e. The van der Waals surface area contributed by atoms with E-state index in [-0.39, 0.29) is 6.10 Å². The number of carbonyl (C=O) groups is 2. The zero-order valence-electron chi connectivity index (χ0n) is 12.5. The first-order valence-electron chi connectivity index (χ1n) is 6.76. The molecular formula is C15H17N3O5. The summed E-state index contributed by atoms with van der Waals surface area (Å²) in [6, 6.07) is 5.61. The lowest BCUT2D eigenvalue weighted by Gasteiger charge is -2.13. The fraction of sp³-hybridized carbons (Fsp3) is 0.333. The third-order valence-electron chi connectivity index (χ3n) is 2.89. The number of aliphatic carboxylic acids is 2. The Morgan fingerprint density at radius 3 is 2.57 bits per heavy atom. The lowest BCUT2D eigenvalue weighted by atomic mass is 10.3. The van der Waals surface area contributed by atoms with Gasteiger partial charge in [-0.1, -0.05) is 0 Å². The molecule has 8 heteroatoms. The maximum Gasteiger partial charge on any atom is 0.328 e. The lowest BCUT2D eigenvalue weighted by molar-refractivity contribution is -0.134. The van der Waals surface area contributed by atoms with Crippen molar-refractivity contribution in [3.05, 3.63) is 36.2 Å². The van der Waals surface area contributed by atoms with Gasteiger partial charge < -0.3 is 19.8 Å². The Kier molecular flexibility index (Phi) is 7.23. The molecule has 0 amide bonds. The molecule has 0 spiro atoms. The number of carboxylic acid groups (broad SMARTS) is 2. The molecule has 0 radical (unpaired) electrons. The van der Waals surface area contributed by atoms with Crippen LogP contribution in [0.3, 0.4) is 0 Å². The molecule has 2 rings (SSSR count). The zero-order valence-corrected chi connectivity index (χ0v) is 12.5. The van der Waals surface area contributed by atoms with E-state index >= 15 is 0 Å². The maximum absolute atomic E-state index is 9.55. The van der Waals surface area contributed by atoms with Crippen molar-refractivity contribution < 1.29 is 24.5 Å². The van der Waals surface area contributed by atoms with Crippen LogP contribution in [0.1, 0.15) is 12.1 Å². The van der Waals surface area contributed by atoms with Crippen LogP contribution in [0.4, 0.5) is 0 Å². The van der Waals surface area contributed by atoms with Crippen LogP contribution >= 0.6 is 0 Å². The van der Waals surface area contributed by atoms with Crippen molar-refractivity contribution in [2.75, 3.05) is 20.1 Å². The van der Waals surface area contributed by atoms with Gasteiger partial charge in [-0.25, -0.2) is 14.6 Å². The van der Waals surface area contributed by atoms with E-state index in [0.29, 0.717) is 23.6 Å². The monoisotopic (exact) mass is 319 g/mol. The number of hydrogen-bond acceptors (Lipinski definition) is 6. The molecule has 0 aromatic carbocycles. The van der Waals surface area contributed by atoms with E-state index in [4.69, 9.17) is 20.2 Å². The number of ether oxygens (including phenoxy) is 1. The quantitative estimate of drug-likeness (QED) is 0.779. The van der Waals surface area contributed by atoms with Gasteiger partial charge in [-0.15, -0.1) is 0 Å². The third kappa shape index (κ3) is 7.06. The molecule has 1 unspecified atom stereocenters. The summed E-state index contributed by atoms with van der Waals surface area (Å²) in [6.07, 6.45) is 3.92. The number of hydrogen-bond donors (Lipinski definition) is 2. The third-order valence-corrected chi connectivity index (χ3v) is 2.89. The molecule has 2 N–H and O–H groups in total. The number of nitriles is 1. The Morgan fingerprint density at radius 2 is 2.09 bits per heavy atom. The summed E-state index contributed by atoms with van der Waals surface area (Å²) < 4.78 is 5.74. The summed E-state index contributed by atoms with van der Waals surface area (Å²) in [4.78, 5) is 25.3. The average Bonchev–Trinajstić information content (AvgIpc) is 2.91. The molecular weight excluding hydrogens is 302 g/mol. The van der Waals surface area contributed by atoms with Crippen LogP contribution < -0.4 is 4.74 Å². The van der Waals surface area contributed by atoms with Gasteiger partial charge in [0.2, 0.25) is 0 Å². The minimum absolute atomic E-state index is 0.186. The number of nitrogens with zero attached hydrogens (tertiary/aromatic N) is 3. The van der Waals surface area contributed by atoms with Crippen LogP contribution in [0.15, 0.2) is 30.5 Å². The van der Waals surface area contributed by atoms with Gasteiger partial charge in [0.15, 0.2) is 11.4 Å². The highest BCUT2D eigenvalue weighted by Crippen LogP contribution is 2.19. The molecule has 0 saturated carbocycles. The van der Waals surface area contributed by atoms with Crippen LogP contribution in [0.2, 0.25) is 0 Å². The molecule has 1 aliphatic heterocycles. The fourth-order valence-corrected chi connectivity index (χ4v) is 1.88. The SMILES string of the molecule is CN1CCC(Oc2cccnc2C#N)C1.O=C(O)/C=C/C(=O)O. The van der Waals surface area contributed by atoms with Crippen LogP contribution in [0.5, 0.6) is 5.75 Å². The van der Waals surface area contributed by atoms with Gasteiger partial charge >= 0.3 is 11.9 Å². The molecule has 1 saturated heterocycles. The molecule has 1 aliphatic rings. The Labute approximate surface area is 133 Å². The van der Waals surface area contributed by atoms with Crippen molar-refractivity contribution in [3.63, 3.8) is 0 Å². The van der Waals surface area contributed by atoms with Gasteiger partial charge in [0.05, 0.1) is 0 Å². The molecule has 1 atom stereocenters. The first-order chi connectivity index (χ1) is 10.9. The summed E-state index contributed by atoms with van der Waals surface area (Å²) >= 11 is 0. The molecule has 0 aliphatic carbocycles. The van der Waals surface area contributed by atoms with E-state index in [1.807, 2.05) is 6.07 Å². The van der Waals surface area contributed by atoms with Gasteiger partial charge in [0, 0.05) is 31.4 Å². The summed E-state index contributed by atoms with van der Waals surface area (Å²) in [7, 11) is 2.07. The van der Waals surface area contributed by atoms with Gasteiger partial charge in [0.1, 0.15) is 12.2 Å². The lowest BCUT2D eigenvalue weighted by Crippen LogP contribution is -2.21. The number of likely N-dealkylation sites (tertiary alicyclic amines) is 1. The van der Waals surface area contributed by atoms with E-state index in [1.54, 1.807) is 18.3 Å². The second-order valence-electron chi connectivity index (χ2n) is 4.76. The summed E-state index contributed by atoms with van der Waals surface area (Å²) in [5.74, 6) is -1.92. The minimum Gasteiger partial charge on any atom is -0.486 e. The smallest absolute Gasteiger partial charge is 0.328 e. The molecule has 2 heterocycles. The van der Waals surface area contributed by atoms with E-state index in [0.717, 1.165) is 19.5 Å². The Bertz CT molecular complexity index is 608. The normalized spacial score (nSPS) is 17.1. The first-order valence-corrected chi connectivity index (χ1v) is 6.76. The van der Waals surface area contributed by atoms with E-state index in [2.05, 4.69) is 16.9 Å². The fourth-order valence-electron chi connectivity index (χ4n) is 1.88. The Morgan fingerprint density at radius 1 is 1.43 bits per heavy atom. The van der Waals surface area contributed by atoms with Crippen LogP contribution in [0, 0.1) is 11.3 Å². The predicted octanol–water partition coefficient (Wildman–Crippen LogP) is 0.748. The topological polar surface area (TPSA) is 124 Å². The number of pyridine rings is 1. The molecule has 1 fully saturated rings. The van der Waals surface area contributed by atoms with Crippen molar-refractivity contribution in [1.29, 1.82) is 5.26 Å². The molecule has 23 heavy (non-hydrogen) atoms. The van der Waals surface area contributed by atoms with Gasteiger partial charge in [0.25, 0.3) is 0 Å². The molecule has 0 bridgehead atoms. The van der Waals surface area contributed by atoms with Gasteiger partial charge in [-0.3, -0.25) is 0 Å². The summed E-state index contributed by atoms with van der Waals surface area (Å²) in [6.45, 7) is 1.96. The van der Waals surface area contributed by atoms with Crippen LogP contribution in [-0.4, -0.2) is 58.3 Å². The van der Waals surface area contributed by atoms with Gasteiger partial charge in [-0.05, 0) is 25.6 Å². The van der Waals surface area contributed by atoms with Crippen LogP contribution in [0.25, 0.3) is 0 Å². The first kappa shape index (κ1) is 18.1. The summed E-state index contributed by atoms with van der Waals surface area (Å²) in [5, 5.41) is 24.5. The zero-order chi connectivity index (χ0) is 17.2. The molecule has 8 nitrogen and oxygen atoms in total. The molecule has 1 aromatic rings.